The molecule has 0 aliphatic carbocycles. The smallest absolute Gasteiger partial charge is 0.350 e. The molecule has 0 amide bonds. The van der Waals surface area contributed by atoms with Crippen LogP contribution in [-0.2, 0) is 4.74 Å². The van der Waals surface area contributed by atoms with Gasteiger partial charge in [-0.25, -0.2) is 9.78 Å². The number of anilines is 1. The first-order chi connectivity index (χ1) is 15.0. The summed E-state index contributed by atoms with van der Waals surface area (Å²) >= 11 is 1.23. The summed E-state index contributed by atoms with van der Waals surface area (Å²) < 4.78 is 15.8. The number of esters is 1. The third kappa shape index (κ3) is 3.68. The average molecular weight is 435 g/mol. The van der Waals surface area contributed by atoms with Crippen molar-refractivity contribution in [3.05, 3.63) is 59.0 Å². The van der Waals surface area contributed by atoms with Crippen molar-refractivity contribution in [3.8, 4) is 33.9 Å². The normalized spacial score (nSPS) is 10.8. The van der Waals surface area contributed by atoms with E-state index in [4.69, 9.17) is 24.9 Å². The molecule has 7 heteroatoms. The summed E-state index contributed by atoms with van der Waals surface area (Å²) in [5.74, 6) is 0.753. The lowest BCUT2D eigenvalue weighted by Crippen LogP contribution is -2.01. The molecule has 31 heavy (non-hydrogen) atoms. The molecule has 6 nitrogen and oxygen atoms in total. The Bertz CT molecular complexity index is 1280. The molecule has 0 saturated heterocycles. The highest BCUT2D eigenvalue weighted by atomic mass is 32.1. The topological polar surface area (TPSA) is 83.7 Å². The number of nitrogen functional groups attached to an aromatic ring is 1. The van der Waals surface area contributed by atoms with E-state index in [-0.39, 0.29) is 0 Å². The van der Waals surface area contributed by atoms with E-state index < -0.39 is 5.97 Å². The number of fused-ring (bicyclic) bond motifs is 1. The number of pyridine rings is 1. The van der Waals surface area contributed by atoms with Gasteiger partial charge < -0.3 is 19.9 Å². The molecule has 4 aromatic rings. The third-order valence-electron chi connectivity index (χ3n) is 5.11. The first-order valence-corrected chi connectivity index (χ1v) is 10.4. The summed E-state index contributed by atoms with van der Waals surface area (Å²) in [5.41, 5.74) is 11.4. The molecule has 0 unspecified atom stereocenters. The molecule has 0 bridgehead atoms. The van der Waals surface area contributed by atoms with Crippen LogP contribution in [0.2, 0.25) is 0 Å². The van der Waals surface area contributed by atoms with E-state index in [0.717, 1.165) is 22.4 Å². The Morgan fingerprint density at radius 1 is 0.935 bits per heavy atom. The molecule has 0 radical (unpaired) electrons. The largest absolute Gasteiger partial charge is 0.493 e. The van der Waals surface area contributed by atoms with Gasteiger partial charge in [0.25, 0.3) is 0 Å². The zero-order valence-corrected chi connectivity index (χ0v) is 18.5. The van der Waals surface area contributed by atoms with Crippen LogP contribution in [0.1, 0.15) is 15.2 Å². The van der Waals surface area contributed by atoms with Gasteiger partial charge in [0, 0.05) is 10.9 Å². The molecular formula is C24H22N2O4S. The van der Waals surface area contributed by atoms with Crippen LogP contribution in [0.5, 0.6) is 11.5 Å². The SMILES string of the molecule is COC(=O)c1sc2nc(-c3ccc(C)cc3)cc(-c3ccc(OC)c(OC)c3)c2c1N. The van der Waals surface area contributed by atoms with Gasteiger partial charge in [-0.1, -0.05) is 35.9 Å². The molecule has 2 aromatic carbocycles. The number of aromatic nitrogens is 1. The van der Waals surface area contributed by atoms with Crippen molar-refractivity contribution in [2.24, 2.45) is 0 Å². The highest BCUT2D eigenvalue weighted by Crippen LogP contribution is 2.43. The summed E-state index contributed by atoms with van der Waals surface area (Å²) in [5, 5.41) is 0.716. The first-order valence-electron chi connectivity index (χ1n) is 9.57. The van der Waals surface area contributed by atoms with E-state index >= 15 is 0 Å². The Balaban J connectivity index is 2.02. The summed E-state index contributed by atoms with van der Waals surface area (Å²) in [6, 6.07) is 15.8. The second kappa shape index (κ2) is 8.28. The number of nitrogens with zero attached hydrogens (tertiary/aromatic N) is 1. The molecule has 0 fully saturated rings. The lowest BCUT2D eigenvalue weighted by molar-refractivity contribution is 0.0607. The summed E-state index contributed by atoms with van der Waals surface area (Å²) in [4.78, 5) is 18.1. The molecule has 0 saturated carbocycles. The fourth-order valence-electron chi connectivity index (χ4n) is 3.47. The maximum atomic E-state index is 12.3. The van der Waals surface area contributed by atoms with Crippen molar-refractivity contribution in [2.45, 2.75) is 6.92 Å². The minimum atomic E-state index is -0.476. The minimum Gasteiger partial charge on any atom is -0.493 e. The Morgan fingerprint density at radius 2 is 1.61 bits per heavy atom. The number of hydrogen-bond acceptors (Lipinski definition) is 7. The minimum absolute atomic E-state index is 0.341. The van der Waals surface area contributed by atoms with Gasteiger partial charge in [0.15, 0.2) is 11.5 Å². The van der Waals surface area contributed by atoms with Crippen LogP contribution in [0.4, 0.5) is 5.69 Å². The highest BCUT2D eigenvalue weighted by molar-refractivity contribution is 7.21. The number of nitrogens with two attached hydrogens (primary N) is 1. The predicted octanol–water partition coefficient (Wildman–Crippen LogP) is 5.32. The standard InChI is InChI=1S/C24H22N2O4S/c1-13-5-7-14(8-6-13)17-12-16(15-9-10-18(28-2)19(11-15)29-3)20-21(25)22(24(27)30-4)31-23(20)26-17/h5-12H,25H2,1-4H3. The van der Waals surface area contributed by atoms with Gasteiger partial charge in [-0.2, -0.15) is 0 Å². The fraction of sp³-hybridized carbons (Fsp3) is 0.167. The van der Waals surface area contributed by atoms with Crippen LogP contribution >= 0.6 is 11.3 Å². The van der Waals surface area contributed by atoms with E-state index in [2.05, 4.69) is 0 Å². The molecular weight excluding hydrogens is 412 g/mol. The maximum Gasteiger partial charge on any atom is 0.350 e. The molecule has 158 valence electrons. The zero-order valence-electron chi connectivity index (χ0n) is 17.7. The molecule has 0 aliphatic heterocycles. The monoisotopic (exact) mass is 434 g/mol. The predicted molar refractivity (Wildman–Crippen MR) is 124 cm³/mol. The third-order valence-corrected chi connectivity index (χ3v) is 6.19. The van der Waals surface area contributed by atoms with E-state index in [0.29, 0.717) is 32.3 Å². The number of benzene rings is 2. The van der Waals surface area contributed by atoms with Crippen molar-refractivity contribution < 1.29 is 19.0 Å². The maximum absolute atomic E-state index is 12.3. The van der Waals surface area contributed by atoms with Gasteiger partial charge in [0.05, 0.1) is 32.7 Å². The molecule has 2 aromatic heterocycles. The number of aryl methyl sites for hydroxylation is 1. The van der Waals surface area contributed by atoms with Crippen molar-refractivity contribution in [1.29, 1.82) is 0 Å². The molecule has 4 rings (SSSR count). The van der Waals surface area contributed by atoms with E-state index in [9.17, 15) is 4.79 Å². The number of carbonyl (C=O) groups is 1. The molecule has 0 atom stereocenters. The number of hydrogen-bond donors (Lipinski definition) is 1. The summed E-state index contributed by atoms with van der Waals surface area (Å²) in [6.07, 6.45) is 0. The number of rotatable bonds is 5. The second-order valence-electron chi connectivity index (χ2n) is 7.01. The van der Waals surface area contributed by atoms with Crippen molar-refractivity contribution in [3.63, 3.8) is 0 Å². The van der Waals surface area contributed by atoms with Crippen molar-refractivity contribution in [2.75, 3.05) is 27.1 Å². The Labute approximate surface area is 184 Å². The van der Waals surface area contributed by atoms with Crippen LogP contribution in [0.3, 0.4) is 0 Å². The van der Waals surface area contributed by atoms with Crippen LogP contribution in [0, 0.1) is 6.92 Å². The summed E-state index contributed by atoms with van der Waals surface area (Å²) in [6.45, 7) is 2.04. The van der Waals surface area contributed by atoms with Crippen LogP contribution in [0.25, 0.3) is 32.6 Å². The lowest BCUT2D eigenvalue weighted by atomic mass is 9.99. The van der Waals surface area contributed by atoms with Gasteiger partial charge >= 0.3 is 5.97 Å². The van der Waals surface area contributed by atoms with Crippen LogP contribution in [-0.4, -0.2) is 32.3 Å². The number of methoxy groups -OCH3 is 3. The second-order valence-corrected chi connectivity index (χ2v) is 8.01. The van der Waals surface area contributed by atoms with Gasteiger partial charge in [-0.05, 0) is 36.2 Å². The molecule has 2 N–H and O–H groups in total. The highest BCUT2D eigenvalue weighted by Gasteiger charge is 2.22. The van der Waals surface area contributed by atoms with E-state index in [1.807, 2.05) is 55.5 Å². The van der Waals surface area contributed by atoms with Crippen LogP contribution < -0.4 is 15.2 Å². The Kier molecular flexibility index (Phi) is 5.52. The van der Waals surface area contributed by atoms with Gasteiger partial charge in [0.1, 0.15) is 9.71 Å². The quantitative estimate of drug-likeness (QED) is 0.428. The van der Waals surface area contributed by atoms with Crippen molar-refractivity contribution >= 4 is 33.2 Å². The number of thiophene rings is 1. The average Bonchev–Trinajstić information content (AvgIpc) is 3.14. The lowest BCUT2D eigenvalue weighted by Gasteiger charge is -2.12. The Hall–Kier alpha value is -3.58. The van der Waals surface area contributed by atoms with Gasteiger partial charge in [-0.15, -0.1) is 11.3 Å². The number of ether oxygens (including phenoxy) is 3. The van der Waals surface area contributed by atoms with Crippen LogP contribution in [0.15, 0.2) is 48.5 Å². The molecule has 0 spiro atoms. The fourth-order valence-corrected chi connectivity index (χ4v) is 4.51. The Morgan fingerprint density at radius 3 is 2.26 bits per heavy atom. The van der Waals surface area contributed by atoms with Crippen molar-refractivity contribution in [1.82, 2.24) is 4.98 Å². The van der Waals surface area contributed by atoms with Gasteiger partial charge in [-0.3, -0.25) is 0 Å². The van der Waals surface area contributed by atoms with Gasteiger partial charge in [0.2, 0.25) is 0 Å². The molecule has 0 aliphatic rings. The zero-order chi connectivity index (χ0) is 22.1. The van der Waals surface area contributed by atoms with E-state index in [1.54, 1.807) is 14.2 Å². The molecule has 2 heterocycles. The van der Waals surface area contributed by atoms with E-state index in [1.165, 1.54) is 24.0 Å². The summed E-state index contributed by atoms with van der Waals surface area (Å²) in [7, 11) is 4.53. The number of carbonyl (C=O) groups excluding carboxylic acids is 1. The first kappa shape index (κ1) is 20.7.